The molecular formula is C31H26ClNO5. The molecule has 6 nitrogen and oxygen atoms in total. The molecule has 3 aliphatic rings. The first-order valence-electron chi connectivity index (χ1n) is 12.4. The summed E-state index contributed by atoms with van der Waals surface area (Å²) in [6.07, 6.45) is 4.16. The van der Waals surface area contributed by atoms with Crippen LogP contribution >= 0.6 is 11.6 Å². The number of halogens is 1. The predicted octanol–water partition coefficient (Wildman–Crippen LogP) is 5.79. The van der Waals surface area contributed by atoms with Crippen molar-refractivity contribution in [2.45, 2.75) is 0 Å². The van der Waals surface area contributed by atoms with E-state index in [-0.39, 0.29) is 23.7 Å². The number of fused-ring (bicyclic) bond motifs is 5. The van der Waals surface area contributed by atoms with E-state index in [2.05, 4.69) is 12.2 Å². The van der Waals surface area contributed by atoms with E-state index in [0.29, 0.717) is 16.5 Å². The van der Waals surface area contributed by atoms with Gasteiger partial charge in [0.15, 0.2) is 0 Å². The number of carbonyl (C=O) groups excluding carboxylic acids is 2. The van der Waals surface area contributed by atoms with Crippen molar-refractivity contribution in [1.82, 2.24) is 0 Å². The molecule has 3 aromatic rings. The molecule has 192 valence electrons. The molecule has 2 bridgehead atoms. The number of allylic oxidation sites excluding steroid dienone is 3. The number of carbonyl (C=O) groups is 2. The minimum atomic E-state index is -0.484. The van der Waals surface area contributed by atoms with Gasteiger partial charge in [-0.05, 0) is 64.7 Å². The van der Waals surface area contributed by atoms with Crippen LogP contribution in [0.4, 0.5) is 5.69 Å². The van der Waals surface area contributed by atoms with E-state index in [0.717, 1.165) is 33.8 Å². The lowest BCUT2D eigenvalue weighted by atomic mass is 9.85. The fourth-order valence-corrected chi connectivity index (χ4v) is 6.35. The summed E-state index contributed by atoms with van der Waals surface area (Å²) in [7, 11) is 4.79. The second-order valence-corrected chi connectivity index (χ2v) is 10.0. The van der Waals surface area contributed by atoms with Crippen molar-refractivity contribution >= 4 is 34.7 Å². The highest BCUT2D eigenvalue weighted by molar-refractivity contribution is 6.31. The lowest BCUT2D eigenvalue weighted by molar-refractivity contribution is -0.123. The van der Waals surface area contributed by atoms with Crippen LogP contribution in [0.3, 0.4) is 0 Å². The second kappa shape index (κ2) is 9.37. The number of nitrogens with zero attached hydrogens (tertiary/aromatic N) is 1. The van der Waals surface area contributed by atoms with Crippen LogP contribution in [0.25, 0.3) is 5.57 Å². The molecule has 0 N–H and O–H groups in total. The average Bonchev–Trinajstić information content (AvgIpc) is 3.58. The molecule has 1 heterocycles. The minimum absolute atomic E-state index is 0.198. The lowest BCUT2D eigenvalue weighted by Crippen LogP contribution is -2.33. The van der Waals surface area contributed by atoms with Gasteiger partial charge in [-0.3, -0.25) is 9.59 Å². The van der Waals surface area contributed by atoms with Crippen LogP contribution in [0.1, 0.15) is 11.1 Å². The summed E-state index contributed by atoms with van der Waals surface area (Å²) in [5.74, 6) is 0.140. The van der Waals surface area contributed by atoms with Crippen LogP contribution in [-0.2, 0) is 9.59 Å². The average molecular weight is 528 g/mol. The van der Waals surface area contributed by atoms with Gasteiger partial charge >= 0.3 is 0 Å². The lowest BCUT2D eigenvalue weighted by Gasteiger charge is -2.23. The highest BCUT2D eigenvalue weighted by Gasteiger charge is 2.62. The molecule has 0 unspecified atom stereocenters. The van der Waals surface area contributed by atoms with Gasteiger partial charge in [0.05, 0.1) is 38.9 Å². The molecule has 1 aliphatic heterocycles. The van der Waals surface area contributed by atoms with Crippen molar-refractivity contribution in [2.24, 2.45) is 23.7 Å². The maximum atomic E-state index is 13.9. The monoisotopic (exact) mass is 527 g/mol. The summed E-state index contributed by atoms with van der Waals surface area (Å²) in [6, 6.07) is 20.7. The van der Waals surface area contributed by atoms with Gasteiger partial charge in [-0.2, -0.15) is 0 Å². The van der Waals surface area contributed by atoms with E-state index in [4.69, 9.17) is 25.8 Å². The summed E-state index contributed by atoms with van der Waals surface area (Å²) < 4.78 is 16.2. The van der Waals surface area contributed by atoms with E-state index in [1.165, 1.54) is 12.0 Å². The number of methoxy groups -OCH3 is 3. The first kappa shape index (κ1) is 24.3. The van der Waals surface area contributed by atoms with Crippen LogP contribution in [0.15, 0.2) is 84.5 Å². The van der Waals surface area contributed by atoms with Crippen LogP contribution < -0.4 is 19.1 Å². The van der Waals surface area contributed by atoms with Gasteiger partial charge < -0.3 is 14.2 Å². The predicted molar refractivity (Wildman–Crippen MR) is 146 cm³/mol. The van der Waals surface area contributed by atoms with Gasteiger partial charge in [-0.1, -0.05) is 48.0 Å². The standard InChI is InChI=1S/C31H26ClNO5/c1-36-20-9-4-17(5-10-20)26(18-6-11-21(37-2)12-7-18)27-22-13-14-23(27)29-28(22)30(34)33(31(29)35)24-16-19(32)8-15-25(24)38-3/h4-16,22-23,28-29H,1-3H3/t22-,23-,28+,29+/m1/s1. The van der Waals surface area contributed by atoms with E-state index >= 15 is 0 Å². The molecule has 2 amide bonds. The zero-order chi connectivity index (χ0) is 26.6. The zero-order valence-electron chi connectivity index (χ0n) is 21.2. The third kappa shape index (κ3) is 3.63. The van der Waals surface area contributed by atoms with E-state index < -0.39 is 11.8 Å². The maximum Gasteiger partial charge on any atom is 0.238 e. The molecule has 4 atom stereocenters. The topological polar surface area (TPSA) is 65.1 Å². The summed E-state index contributed by atoms with van der Waals surface area (Å²) in [5.41, 5.74) is 4.50. The second-order valence-electron chi connectivity index (χ2n) is 9.60. The maximum absolute atomic E-state index is 13.9. The van der Waals surface area contributed by atoms with E-state index in [9.17, 15) is 9.59 Å². The zero-order valence-corrected chi connectivity index (χ0v) is 21.9. The molecule has 0 aromatic heterocycles. The Bertz CT molecular complexity index is 1410. The molecule has 6 rings (SSSR count). The van der Waals surface area contributed by atoms with Crippen molar-refractivity contribution in [3.8, 4) is 17.2 Å². The Morgan fingerprint density at radius 2 is 1.21 bits per heavy atom. The molecule has 0 spiro atoms. The first-order valence-corrected chi connectivity index (χ1v) is 12.8. The van der Waals surface area contributed by atoms with E-state index in [1.807, 2.05) is 48.5 Å². The Kier molecular flexibility index (Phi) is 6.00. The Hall–Kier alpha value is -4.03. The van der Waals surface area contributed by atoms with Gasteiger partial charge in [0.25, 0.3) is 0 Å². The Morgan fingerprint density at radius 1 is 0.711 bits per heavy atom. The van der Waals surface area contributed by atoms with E-state index in [1.54, 1.807) is 32.4 Å². The van der Waals surface area contributed by atoms with Crippen LogP contribution in [0.5, 0.6) is 17.2 Å². The summed E-state index contributed by atoms with van der Waals surface area (Å²) in [5, 5.41) is 0.432. The number of imide groups is 1. The molecule has 0 radical (unpaired) electrons. The summed E-state index contributed by atoms with van der Waals surface area (Å²) >= 11 is 6.24. The molecule has 3 aromatic carbocycles. The highest BCUT2D eigenvalue weighted by Crippen LogP contribution is 2.59. The highest BCUT2D eigenvalue weighted by atomic mass is 35.5. The number of rotatable bonds is 6. The minimum Gasteiger partial charge on any atom is -0.497 e. The van der Waals surface area contributed by atoms with Gasteiger partial charge in [-0.25, -0.2) is 4.90 Å². The van der Waals surface area contributed by atoms with Crippen molar-refractivity contribution in [1.29, 1.82) is 0 Å². The molecule has 7 heteroatoms. The summed E-state index contributed by atoms with van der Waals surface area (Å²) in [6.45, 7) is 0. The van der Waals surface area contributed by atoms with Crippen molar-refractivity contribution in [2.75, 3.05) is 26.2 Å². The Labute approximate surface area is 226 Å². The molecule has 2 aliphatic carbocycles. The molecule has 1 saturated heterocycles. The molecule has 1 saturated carbocycles. The number of hydrogen-bond donors (Lipinski definition) is 0. The molecule has 38 heavy (non-hydrogen) atoms. The summed E-state index contributed by atoms with van der Waals surface area (Å²) in [4.78, 5) is 29.1. The van der Waals surface area contributed by atoms with Gasteiger partial charge in [0.2, 0.25) is 11.8 Å². The molecular weight excluding hydrogens is 502 g/mol. The third-order valence-electron chi connectivity index (χ3n) is 7.84. The van der Waals surface area contributed by atoms with Crippen LogP contribution in [-0.4, -0.2) is 33.1 Å². The fraction of sp³-hybridized carbons (Fsp3) is 0.226. The fourth-order valence-electron chi connectivity index (χ4n) is 6.19. The quantitative estimate of drug-likeness (QED) is 0.300. The van der Waals surface area contributed by atoms with Crippen LogP contribution in [0.2, 0.25) is 5.02 Å². The Balaban J connectivity index is 1.48. The molecule has 2 fully saturated rings. The number of amides is 2. The van der Waals surface area contributed by atoms with Crippen LogP contribution in [0, 0.1) is 23.7 Å². The number of hydrogen-bond acceptors (Lipinski definition) is 5. The number of anilines is 1. The van der Waals surface area contributed by atoms with Gasteiger partial charge in [0, 0.05) is 16.9 Å². The normalized spacial score (nSPS) is 23.2. The first-order chi connectivity index (χ1) is 18.5. The van der Waals surface area contributed by atoms with Crippen molar-refractivity contribution < 1.29 is 23.8 Å². The largest absolute Gasteiger partial charge is 0.497 e. The third-order valence-corrected chi connectivity index (χ3v) is 8.08. The van der Waals surface area contributed by atoms with Gasteiger partial charge in [-0.15, -0.1) is 0 Å². The number of ether oxygens (including phenoxy) is 3. The Morgan fingerprint density at radius 3 is 1.66 bits per heavy atom. The van der Waals surface area contributed by atoms with Gasteiger partial charge in [0.1, 0.15) is 17.2 Å². The number of benzene rings is 3. The SMILES string of the molecule is COc1ccc(C(=C2[C@H]3C=C[C@H]2[C@@H]2C(=O)N(c4cc(Cl)ccc4OC)C(=O)[C@H]23)c2ccc(OC)cc2)cc1. The van der Waals surface area contributed by atoms with Crippen molar-refractivity contribution in [3.05, 3.63) is 101 Å². The van der Waals surface area contributed by atoms with Crippen molar-refractivity contribution in [3.63, 3.8) is 0 Å². The smallest absolute Gasteiger partial charge is 0.238 e.